The van der Waals surface area contributed by atoms with Gasteiger partial charge in [0.05, 0.1) is 17.2 Å². The first-order chi connectivity index (χ1) is 9.52. The molecule has 0 spiro atoms. The summed E-state index contributed by atoms with van der Waals surface area (Å²) in [7, 11) is 1.71. The van der Waals surface area contributed by atoms with E-state index in [0.717, 1.165) is 17.1 Å². The number of hydrogen-bond acceptors (Lipinski definition) is 4. The Hall–Kier alpha value is -1.63. The van der Waals surface area contributed by atoms with Crippen LogP contribution >= 0.6 is 11.3 Å². The van der Waals surface area contributed by atoms with Crippen molar-refractivity contribution in [3.05, 3.63) is 16.1 Å². The minimum atomic E-state index is -0.195. The van der Waals surface area contributed by atoms with Gasteiger partial charge in [0.25, 0.3) is 0 Å². The summed E-state index contributed by atoms with van der Waals surface area (Å²) in [6.07, 6.45) is 1.21. The molecule has 1 aromatic rings. The summed E-state index contributed by atoms with van der Waals surface area (Å²) in [5.41, 5.74) is 0.880. The zero-order valence-corrected chi connectivity index (χ0v) is 13.0. The van der Waals surface area contributed by atoms with E-state index in [4.69, 9.17) is 0 Å². The number of nitrogens with zero attached hydrogens (tertiary/aromatic N) is 2. The summed E-state index contributed by atoms with van der Waals surface area (Å²) in [5, 5.41) is 8.41. The van der Waals surface area contributed by atoms with Gasteiger partial charge in [-0.05, 0) is 13.3 Å². The Morgan fingerprint density at radius 1 is 1.35 bits per heavy atom. The van der Waals surface area contributed by atoms with E-state index in [9.17, 15) is 9.59 Å². The van der Waals surface area contributed by atoms with Crippen molar-refractivity contribution < 1.29 is 9.59 Å². The predicted molar refractivity (Wildman–Crippen MR) is 79.6 cm³/mol. The predicted octanol–water partition coefficient (Wildman–Crippen LogP) is 1.51. The number of aromatic nitrogens is 1. The van der Waals surface area contributed by atoms with Gasteiger partial charge >= 0.3 is 6.03 Å². The highest BCUT2D eigenvalue weighted by Crippen LogP contribution is 2.09. The summed E-state index contributed by atoms with van der Waals surface area (Å²) >= 11 is 1.57. The van der Waals surface area contributed by atoms with Crippen molar-refractivity contribution in [3.63, 3.8) is 0 Å². The fourth-order valence-electron chi connectivity index (χ4n) is 1.57. The number of carbonyl (C=O) groups is 2. The monoisotopic (exact) mass is 298 g/mol. The quantitative estimate of drug-likeness (QED) is 0.801. The van der Waals surface area contributed by atoms with Crippen LogP contribution in [0, 0.1) is 6.92 Å². The summed E-state index contributed by atoms with van der Waals surface area (Å²) < 4.78 is 0. The van der Waals surface area contributed by atoms with Crippen molar-refractivity contribution >= 4 is 23.3 Å². The molecule has 0 radical (unpaired) electrons. The van der Waals surface area contributed by atoms with Gasteiger partial charge in [-0.15, -0.1) is 11.3 Å². The molecule has 112 valence electrons. The molecule has 0 aliphatic carbocycles. The minimum absolute atomic E-state index is 0.0371. The van der Waals surface area contributed by atoms with Gasteiger partial charge in [0.2, 0.25) is 5.91 Å². The SMILES string of the molecule is CCCNC(=O)CCNC(=O)N(C)Cc1csc(C)n1. The Kier molecular flexibility index (Phi) is 7.00. The Morgan fingerprint density at radius 2 is 2.10 bits per heavy atom. The van der Waals surface area contributed by atoms with Crippen LogP contribution in [0.15, 0.2) is 5.38 Å². The van der Waals surface area contributed by atoms with E-state index < -0.39 is 0 Å². The molecule has 0 atom stereocenters. The molecular formula is C13H22N4O2S. The van der Waals surface area contributed by atoms with Crippen molar-refractivity contribution in [2.75, 3.05) is 20.1 Å². The molecule has 0 unspecified atom stereocenters. The van der Waals surface area contributed by atoms with Crippen LogP contribution in [-0.2, 0) is 11.3 Å². The molecule has 0 fully saturated rings. The van der Waals surface area contributed by atoms with Gasteiger partial charge in [0.15, 0.2) is 0 Å². The van der Waals surface area contributed by atoms with E-state index in [-0.39, 0.29) is 11.9 Å². The molecule has 0 saturated heterocycles. The molecule has 1 heterocycles. The Labute approximate surface area is 123 Å². The maximum absolute atomic E-state index is 11.8. The van der Waals surface area contributed by atoms with Crippen molar-refractivity contribution in [1.82, 2.24) is 20.5 Å². The maximum atomic E-state index is 11.8. The highest BCUT2D eigenvalue weighted by atomic mass is 32.1. The fraction of sp³-hybridized carbons (Fsp3) is 0.615. The molecule has 0 aliphatic heterocycles. The van der Waals surface area contributed by atoms with Crippen molar-refractivity contribution in [1.29, 1.82) is 0 Å². The van der Waals surface area contributed by atoms with Gasteiger partial charge in [-0.1, -0.05) is 6.92 Å². The number of hydrogen-bond donors (Lipinski definition) is 2. The lowest BCUT2D eigenvalue weighted by atomic mass is 10.3. The molecule has 3 amide bonds. The first-order valence-corrected chi connectivity index (χ1v) is 7.57. The zero-order valence-electron chi connectivity index (χ0n) is 12.2. The Bertz CT molecular complexity index is 447. The fourth-order valence-corrected chi connectivity index (χ4v) is 2.17. The average Bonchev–Trinajstić information content (AvgIpc) is 2.81. The van der Waals surface area contributed by atoms with E-state index in [2.05, 4.69) is 15.6 Å². The van der Waals surface area contributed by atoms with Crippen LogP contribution in [0.4, 0.5) is 4.79 Å². The molecule has 0 aromatic carbocycles. The molecule has 6 nitrogen and oxygen atoms in total. The molecule has 7 heteroatoms. The number of rotatable bonds is 7. The molecule has 0 saturated carbocycles. The molecule has 1 aromatic heterocycles. The topological polar surface area (TPSA) is 74.3 Å². The van der Waals surface area contributed by atoms with E-state index >= 15 is 0 Å². The van der Waals surface area contributed by atoms with Gasteiger partial charge in [-0.3, -0.25) is 4.79 Å². The van der Waals surface area contributed by atoms with Gasteiger partial charge < -0.3 is 15.5 Å². The van der Waals surface area contributed by atoms with E-state index in [1.54, 1.807) is 23.3 Å². The zero-order chi connectivity index (χ0) is 15.0. The standard InChI is InChI=1S/C13H22N4O2S/c1-4-6-14-12(18)5-7-15-13(19)17(3)8-11-9-20-10(2)16-11/h9H,4-8H2,1-3H3,(H,14,18)(H,15,19). The van der Waals surface area contributed by atoms with Gasteiger partial charge in [-0.25, -0.2) is 9.78 Å². The lowest BCUT2D eigenvalue weighted by Gasteiger charge is -2.16. The lowest BCUT2D eigenvalue weighted by Crippen LogP contribution is -2.38. The first-order valence-electron chi connectivity index (χ1n) is 6.69. The van der Waals surface area contributed by atoms with Crippen LogP contribution in [0.5, 0.6) is 0 Å². The number of amides is 3. The second-order valence-corrected chi connectivity index (χ2v) is 5.61. The van der Waals surface area contributed by atoms with Crippen LogP contribution in [0.1, 0.15) is 30.5 Å². The van der Waals surface area contributed by atoms with E-state index in [1.165, 1.54) is 0 Å². The van der Waals surface area contributed by atoms with Crippen LogP contribution in [0.25, 0.3) is 0 Å². The maximum Gasteiger partial charge on any atom is 0.317 e. The number of carbonyl (C=O) groups excluding carboxylic acids is 2. The largest absolute Gasteiger partial charge is 0.356 e. The summed E-state index contributed by atoms with van der Waals surface area (Å²) in [6.45, 7) is 5.42. The van der Waals surface area contributed by atoms with Gasteiger partial charge in [0, 0.05) is 31.9 Å². The molecular weight excluding hydrogens is 276 g/mol. The molecule has 2 N–H and O–H groups in total. The second-order valence-electron chi connectivity index (χ2n) is 4.55. The Balaban J connectivity index is 2.23. The summed E-state index contributed by atoms with van der Waals surface area (Å²) in [5.74, 6) is -0.0371. The highest BCUT2D eigenvalue weighted by molar-refractivity contribution is 7.09. The normalized spacial score (nSPS) is 10.2. The third-order valence-electron chi connectivity index (χ3n) is 2.61. The van der Waals surface area contributed by atoms with Gasteiger partial charge in [0.1, 0.15) is 0 Å². The van der Waals surface area contributed by atoms with Gasteiger partial charge in [-0.2, -0.15) is 0 Å². The van der Waals surface area contributed by atoms with Crippen LogP contribution < -0.4 is 10.6 Å². The third kappa shape index (κ3) is 6.01. The van der Waals surface area contributed by atoms with Crippen molar-refractivity contribution in [2.45, 2.75) is 33.2 Å². The van der Waals surface area contributed by atoms with E-state index in [1.807, 2.05) is 19.2 Å². The summed E-state index contributed by atoms with van der Waals surface area (Å²) in [6, 6.07) is -0.195. The third-order valence-corrected chi connectivity index (χ3v) is 3.44. The number of thiazole rings is 1. The van der Waals surface area contributed by atoms with Crippen LogP contribution in [0.2, 0.25) is 0 Å². The first kappa shape index (κ1) is 16.4. The molecule has 20 heavy (non-hydrogen) atoms. The number of nitrogens with one attached hydrogen (secondary N) is 2. The molecule has 0 aliphatic rings. The number of aryl methyl sites for hydroxylation is 1. The van der Waals surface area contributed by atoms with Crippen molar-refractivity contribution in [3.8, 4) is 0 Å². The number of urea groups is 1. The molecule has 0 bridgehead atoms. The Morgan fingerprint density at radius 3 is 2.70 bits per heavy atom. The molecule has 1 rings (SSSR count). The van der Waals surface area contributed by atoms with Crippen LogP contribution in [-0.4, -0.2) is 42.0 Å². The lowest BCUT2D eigenvalue weighted by molar-refractivity contribution is -0.120. The second kappa shape index (κ2) is 8.52. The smallest absolute Gasteiger partial charge is 0.317 e. The van der Waals surface area contributed by atoms with E-state index in [0.29, 0.717) is 26.1 Å². The van der Waals surface area contributed by atoms with Crippen molar-refractivity contribution in [2.24, 2.45) is 0 Å². The van der Waals surface area contributed by atoms with Crippen LogP contribution in [0.3, 0.4) is 0 Å². The highest BCUT2D eigenvalue weighted by Gasteiger charge is 2.10. The minimum Gasteiger partial charge on any atom is -0.356 e. The summed E-state index contributed by atoms with van der Waals surface area (Å²) in [4.78, 5) is 29.0. The average molecular weight is 298 g/mol.